The van der Waals surface area contributed by atoms with Crippen LogP contribution in [0.4, 0.5) is 0 Å². The van der Waals surface area contributed by atoms with E-state index in [2.05, 4.69) is 23.8 Å². The highest BCUT2D eigenvalue weighted by Crippen LogP contribution is 2.28. The SMILES string of the molecule is C=C/C=C(Cl)\C=C(\Cl)CS(=O)(=O)N(C)CCC(C)CNC(=O)C(CC(C)C)NC(=O)C(=C)Sc1ccccc1C. The van der Waals surface area contributed by atoms with Gasteiger partial charge in [0.1, 0.15) is 11.8 Å². The maximum Gasteiger partial charge on any atom is 0.258 e. The molecule has 0 saturated heterocycles. The number of carbonyl (C=O) groups excluding carboxylic acids is 2. The van der Waals surface area contributed by atoms with Crippen LogP contribution in [0.2, 0.25) is 0 Å². The number of carbonyl (C=O) groups is 2. The first kappa shape index (κ1) is 36.0. The van der Waals surface area contributed by atoms with Crippen LogP contribution in [0.15, 0.2) is 75.5 Å². The fourth-order valence-corrected chi connectivity index (χ4v) is 6.11. The van der Waals surface area contributed by atoms with Crippen LogP contribution < -0.4 is 10.6 Å². The van der Waals surface area contributed by atoms with E-state index >= 15 is 0 Å². The molecule has 222 valence electrons. The highest BCUT2D eigenvalue weighted by molar-refractivity contribution is 8.04. The van der Waals surface area contributed by atoms with E-state index in [9.17, 15) is 18.0 Å². The summed E-state index contributed by atoms with van der Waals surface area (Å²) in [7, 11) is -2.16. The van der Waals surface area contributed by atoms with Gasteiger partial charge in [-0.15, -0.1) is 0 Å². The van der Waals surface area contributed by atoms with Gasteiger partial charge in [0.05, 0.1) is 4.91 Å². The monoisotopic (exact) mass is 629 g/mol. The lowest BCUT2D eigenvalue weighted by Gasteiger charge is -2.23. The maximum absolute atomic E-state index is 13.0. The van der Waals surface area contributed by atoms with Crippen LogP contribution in [0.5, 0.6) is 0 Å². The van der Waals surface area contributed by atoms with Crippen molar-refractivity contribution in [1.29, 1.82) is 0 Å². The van der Waals surface area contributed by atoms with Crippen molar-refractivity contribution in [1.82, 2.24) is 14.9 Å². The first-order valence-electron chi connectivity index (χ1n) is 13.0. The Morgan fingerprint density at radius 2 is 1.82 bits per heavy atom. The van der Waals surface area contributed by atoms with Crippen LogP contribution in [0.25, 0.3) is 0 Å². The molecule has 7 nitrogen and oxygen atoms in total. The quantitative estimate of drug-likeness (QED) is 0.126. The standard InChI is InChI=1S/C29H41Cl2N3O4S2/c1-8-11-24(30)17-25(31)19-40(37,38)34(7)15-14-21(4)18-32-29(36)26(16-20(2)3)33-28(35)23(6)39-27-13-10-9-12-22(27)5/h8-13,17,20-21,26H,1,6,14-16,18-19H2,2-5,7H3,(H,32,36)(H,33,35)/b24-11+,25-17+. The largest absolute Gasteiger partial charge is 0.354 e. The molecule has 0 aromatic heterocycles. The predicted octanol–water partition coefficient (Wildman–Crippen LogP) is 5.97. The number of sulfonamides is 1. The summed E-state index contributed by atoms with van der Waals surface area (Å²) in [5.41, 5.74) is 1.04. The second-order valence-electron chi connectivity index (χ2n) is 10.0. The van der Waals surface area contributed by atoms with E-state index in [0.717, 1.165) is 10.5 Å². The minimum atomic E-state index is -3.64. The summed E-state index contributed by atoms with van der Waals surface area (Å²) < 4.78 is 26.5. The van der Waals surface area contributed by atoms with Gasteiger partial charge < -0.3 is 10.6 Å². The summed E-state index contributed by atoms with van der Waals surface area (Å²) in [6, 6.07) is 6.99. The molecular weight excluding hydrogens is 589 g/mol. The summed E-state index contributed by atoms with van der Waals surface area (Å²) in [5, 5.41) is 6.10. The van der Waals surface area contributed by atoms with Crippen molar-refractivity contribution in [3.8, 4) is 0 Å². The summed E-state index contributed by atoms with van der Waals surface area (Å²) in [5.74, 6) is -0.887. The van der Waals surface area contributed by atoms with Crippen molar-refractivity contribution in [2.24, 2.45) is 11.8 Å². The van der Waals surface area contributed by atoms with Gasteiger partial charge in [-0.05, 0) is 55.4 Å². The number of hydrogen-bond donors (Lipinski definition) is 2. The van der Waals surface area contributed by atoms with Gasteiger partial charge in [-0.1, -0.05) is 93.2 Å². The van der Waals surface area contributed by atoms with Gasteiger partial charge in [0.25, 0.3) is 5.91 Å². The zero-order valence-electron chi connectivity index (χ0n) is 23.9. The number of aryl methyl sites for hydroxylation is 1. The Morgan fingerprint density at radius 3 is 2.42 bits per heavy atom. The molecular formula is C29H41Cl2N3O4S2. The molecule has 0 heterocycles. The van der Waals surface area contributed by atoms with Gasteiger partial charge in [0.2, 0.25) is 15.9 Å². The Balaban J connectivity index is 2.66. The number of rotatable bonds is 17. The van der Waals surface area contributed by atoms with Gasteiger partial charge >= 0.3 is 0 Å². The molecule has 0 radical (unpaired) electrons. The predicted molar refractivity (Wildman–Crippen MR) is 169 cm³/mol. The second kappa shape index (κ2) is 17.7. The normalized spacial score (nSPS) is 14.1. The van der Waals surface area contributed by atoms with E-state index in [1.165, 1.54) is 41.3 Å². The molecule has 2 N–H and O–H groups in total. The van der Waals surface area contributed by atoms with Gasteiger partial charge in [0, 0.05) is 35.1 Å². The lowest BCUT2D eigenvalue weighted by atomic mass is 10.0. The van der Waals surface area contributed by atoms with Crippen LogP contribution in [-0.4, -0.2) is 56.5 Å². The van der Waals surface area contributed by atoms with Crippen LogP contribution in [0.3, 0.4) is 0 Å². The molecule has 40 heavy (non-hydrogen) atoms. The number of benzene rings is 1. The van der Waals surface area contributed by atoms with Gasteiger partial charge in [-0.25, -0.2) is 12.7 Å². The molecule has 0 spiro atoms. The van der Waals surface area contributed by atoms with E-state index in [1.807, 2.05) is 52.0 Å². The third-order valence-electron chi connectivity index (χ3n) is 5.84. The average Bonchev–Trinajstić information content (AvgIpc) is 2.85. The Morgan fingerprint density at radius 1 is 1.18 bits per heavy atom. The van der Waals surface area contributed by atoms with E-state index in [1.54, 1.807) is 0 Å². The lowest BCUT2D eigenvalue weighted by molar-refractivity contribution is -0.127. The minimum absolute atomic E-state index is 0.0143. The van der Waals surface area contributed by atoms with Crippen LogP contribution in [0.1, 0.15) is 39.2 Å². The van der Waals surface area contributed by atoms with Crippen molar-refractivity contribution in [2.45, 2.75) is 51.5 Å². The summed E-state index contributed by atoms with van der Waals surface area (Å²) in [6.45, 7) is 15.8. The molecule has 11 heteroatoms. The average molecular weight is 631 g/mol. The van der Waals surface area contributed by atoms with Crippen LogP contribution in [-0.2, 0) is 19.6 Å². The lowest BCUT2D eigenvalue weighted by Crippen LogP contribution is -2.48. The molecule has 2 unspecified atom stereocenters. The van der Waals surface area contributed by atoms with Crippen molar-refractivity contribution < 1.29 is 18.0 Å². The second-order valence-corrected chi connectivity index (χ2v) is 14.2. The fraction of sp³-hybridized carbons (Fsp3) is 0.448. The number of hydrogen-bond acceptors (Lipinski definition) is 5. The zero-order valence-corrected chi connectivity index (χ0v) is 27.0. The van der Waals surface area contributed by atoms with Gasteiger partial charge in [-0.2, -0.15) is 0 Å². The van der Waals surface area contributed by atoms with Gasteiger partial charge in [-0.3, -0.25) is 9.59 Å². The van der Waals surface area contributed by atoms with Crippen molar-refractivity contribution in [3.63, 3.8) is 0 Å². The molecule has 0 bridgehead atoms. The molecule has 2 atom stereocenters. The number of thioether (sulfide) groups is 1. The summed E-state index contributed by atoms with van der Waals surface area (Å²) >= 11 is 13.3. The maximum atomic E-state index is 13.0. The molecule has 0 aliphatic carbocycles. The number of allylic oxidation sites excluding steroid dienone is 4. The Kier molecular flexibility index (Phi) is 15.9. The highest BCUT2D eigenvalue weighted by Gasteiger charge is 2.24. The molecule has 0 saturated carbocycles. The number of nitrogens with one attached hydrogen (secondary N) is 2. The number of halogens is 2. The fourth-order valence-electron chi connectivity index (χ4n) is 3.47. The van der Waals surface area contributed by atoms with E-state index < -0.39 is 16.1 Å². The smallest absolute Gasteiger partial charge is 0.258 e. The highest BCUT2D eigenvalue weighted by atomic mass is 35.5. The molecule has 1 aromatic carbocycles. The number of nitrogens with zero attached hydrogens (tertiary/aromatic N) is 1. The van der Waals surface area contributed by atoms with Gasteiger partial charge in [0.15, 0.2) is 0 Å². The third kappa shape index (κ3) is 13.5. The molecule has 0 aliphatic heterocycles. The molecule has 0 aliphatic rings. The molecule has 1 rings (SSSR count). The first-order chi connectivity index (χ1) is 18.7. The minimum Gasteiger partial charge on any atom is -0.354 e. The third-order valence-corrected chi connectivity index (χ3v) is 9.39. The van der Waals surface area contributed by atoms with E-state index in [-0.39, 0.29) is 46.0 Å². The Labute approximate surface area is 254 Å². The zero-order chi connectivity index (χ0) is 30.5. The first-order valence-corrected chi connectivity index (χ1v) is 16.1. The Bertz CT molecular complexity index is 1210. The summed E-state index contributed by atoms with van der Waals surface area (Å²) in [4.78, 5) is 27.1. The van der Waals surface area contributed by atoms with Crippen molar-refractivity contribution in [2.75, 3.05) is 25.9 Å². The van der Waals surface area contributed by atoms with Crippen molar-refractivity contribution >= 4 is 56.8 Å². The Hall–Kier alpha value is -2.04. The molecule has 0 fully saturated rings. The number of amides is 2. The molecule has 2 amide bonds. The van der Waals surface area contributed by atoms with E-state index in [4.69, 9.17) is 23.2 Å². The van der Waals surface area contributed by atoms with E-state index in [0.29, 0.717) is 24.3 Å². The molecule has 1 aromatic rings. The summed E-state index contributed by atoms with van der Waals surface area (Å²) in [6.07, 6.45) is 5.34. The van der Waals surface area contributed by atoms with Crippen molar-refractivity contribution in [3.05, 3.63) is 76.2 Å². The van der Waals surface area contributed by atoms with Crippen LogP contribution in [0, 0.1) is 18.8 Å². The van der Waals surface area contributed by atoms with Crippen LogP contribution >= 0.6 is 35.0 Å². The topological polar surface area (TPSA) is 95.6 Å².